The van der Waals surface area contributed by atoms with Gasteiger partial charge in [0.15, 0.2) is 48.6 Å². The summed E-state index contributed by atoms with van der Waals surface area (Å²) in [6.45, 7) is 17.3. The SMILES string of the molecule is C[C@H]1O[C@@H]2OC(C)(C)O[C@@H]2[C@H]1OC(=O)N1CCC(C)(N)CC1.C[C@H]1O[C@@H]2OC(C)(C)O[C@@H]2[C@H]1OC(=O)N1CCC(C)(NC(=O)OCc2ccccc2)CC1. The molecule has 54 heavy (non-hydrogen) atoms. The summed E-state index contributed by atoms with van der Waals surface area (Å²) in [4.78, 5) is 40.8. The number of amides is 3. The molecule has 0 spiro atoms. The zero-order valence-corrected chi connectivity index (χ0v) is 32.7. The summed E-state index contributed by atoms with van der Waals surface area (Å²) < 4.78 is 51.2. The molecular weight excluding hydrogens is 704 g/mol. The van der Waals surface area contributed by atoms with E-state index in [9.17, 15) is 14.4 Å². The van der Waals surface area contributed by atoms with Crippen LogP contribution < -0.4 is 11.1 Å². The molecule has 3 amide bonds. The maximum Gasteiger partial charge on any atom is 0.410 e. The first-order valence-electron chi connectivity index (χ1n) is 19.0. The lowest BCUT2D eigenvalue weighted by Gasteiger charge is -2.39. The van der Waals surface area contributed by atoms with Crippen molar-refractivity contribution in [1.29, 1.82) is 0 Å². The Hall–Kier alpha value is -3.25. The van der Waals surface area contributed by atoms with Crippen molar-refractivity contribution in [2.45, 2.75) is 160 Å². The summed E-state index contributed by atoms with van der Waals surface area (Å²) >= 11 is 0. The lowest BCUT2D eigenvalue weighted by molar-refractivity contribution is -0.213. The van der Waals surface area contributed by atoms with Crippen molar-refractivity contribution in [2.24, 2.45) is 5.73 Å². The Morgan fingerprint density at radius 2 is 1.17 bits per heavy atom. The normalized spacial score (nSPS) is 34.2. The van der Waals surface area contributed by atoms with Crippen LogP contribution in [0.1, 0.15) is 86.6 Å². The largest absolute Gasteiger partial charge is 0.445 e. The Kier molecular flexibility index (Phi) is 11.8. The van der Waals surface area contributed by atoms with Crippen LogP contribution in [0.2, 0.25) is 0 Å². The van der Waals surface area contributed by atoms with Gasteiger partial charge in [0.05, 0.1) is 12.2 Å². The van der Waals surface area contributed by atoms with Crippen LogP contribution in [0.3, 0.4) is 0 Å². The van der Waals surface area contributed by atoms with Gasteiger partial charge in [-0.3, -0.25) is 0 Å². The lowest BCUT2D eigenvalue weighted by Crippen LogP contribution is -2.55. The molecular formula is C38H58N4O12. The van der Waals surface area contributed by atoms with Gasteiger partial charge in [0.2, 0.25) is 0 Å². The van der Waals surface area contributed by atoms with E-state index in [0.29, 0.717) is 39.0 Å². The van der Waals surface area contributed by atoms with Crippen molar-refractivity contribution < 1.29 is 57.0 Å². The zero-order valence-electron chi connectivity index (χ0n) is 32.7. The number of hydrogen-bond donors (Lipinski definition) is 2. The predicted octanol–water partition coefficient (Wildman–Crippen LogP) is 4.37. The summed E-state index contributed by atoms with van der Waals surface area (Å²) in [5.74, 6) is -1.49. The molecule has 1 aromatic carbocycles. The number of nitrogens with one attached hydrogen (secondary N) is 1. The molecule has 6 heterocycles. The topological polar surface area (TPSA) is 179 Å². The third kappa shape index (κ3) is 9.75. The monoisotopic (exact) mass is 762 g/mol. The number of fused-ring (bicyclic) bond motifs is 2. The highest BCUT2D eigenvalue weighted by molar-refractivity contribution is 5.70. The molecule has 302 valence electrons. The Morgan fingerprint density at radius 1 is 0.722 bits per heavy atom. The highest BCUT2D eigenvalue weighted by atomic mass is 16.9. The molecule has 3 N–H and O–H groups in total. The van der Waals surface area contributed by atoms with E-state index in [-0.39, 0.29) is 36.6 Å². The second kappa shape index (κ2) is 15.7. The number of piperidine rings is 2. The summed E-state index contributed by atoms with van der Waals surface area (Å²) in [5.41, 5.74) is 6.37. The maximum atomic E-state index is 12.8. The van der Waals surface area contributed by atoms with Crippen LogP contribution in [0.25, 0.3) is 0 Å². The number of rotatable bonds is 5. The van der Waals surface area contributed by atoms with Crippen LogP contribution >= 0.6 is 0 Å². The summed E-state index contributed by atoms with van der Waals surface area (Å²) in [7, 11) is 0. The van der Waals surface area contributed by atoms with Gasteiger partial charge in [-0.05, 0) is 86.6 Å². The van der Waals surface area contributed by atoms with E-state index in [1.54, 1.807) is 9.80 Å². The number of likely N-dealkylation sites (tertiary alicyclic amines) is 2. The number of hydrogen-bond acceptors (Lipinski definition) is 13. The van der Waals surface area contributed by atoms with Crippen LogP contribution in [-0.4, -0.2) is 126 Å². The van der Waals surface area contributed by atoms with E-state index in [0.717, 1.165) is 18.4 Å². The molecule has 6 saturated heterocycles. The molecule has 0 aromatic heterocycles. The van der Waals surface area contributed by atoms with Crippen LogP contribution in [0, 0.1) is 0 Å². The molecule has 6 aliphatic rings. The fourth-order valence-electron chi connectivity index (χ4n) is 7.50. The minimum atomic E-state index is -0.770. The van der Waals surface area contributed by atoms with Crippen molar-refractivity contribution in [3.63, 3.8) is 0 Å². The highest BCUT2D eigenvalue weighted by Crippen LogP contribution is 2.40. The van der Waals surface area contributed by atoms with E-state index in [1.807, 2.05) is 85.7 Å². The third-order valence-electron chi connectivity index (χ3n) is 10.8. The van der Waals surface area contributed by atoms with Gasteiger partial charge >= 0.3 is 18.3 Å². The summed E-state index contributed by atoms with van der Waals surface area (Å²) in [6.07, 6.45) is -1.84. The molecule has 6 fully saturated rings. The van der Waals surface area contributed by atoms with Crippen LogP contribution in [-0.2, 0) is 49.2 Å². The quantitative estimate of drug-likeness (QED) is 0.405. The molecule has 0 aliphatic carbocycles. The predicted molar refractivity (Wildman–Crippen MR) is 192 cm³/mol. The average Bonchev–Trinajstić information content (AvgIpc) is 3.75. The lowest BCUT2D eigenvalue weighted by atomic mass is 9.90. The van der Waals surface area contributed by atoms with Gasteiger partial charge in [-0.15, -0.1) is 0 Å². The van der Waals surface area contributed by atoms with Gasteiger partial charge < -0.3 is 63.5 Å². The van der Waals surface area contributed by atoms with Crippen LogP contribution in [0.4, 0.5) is 14.4 Å². The number of benzene rings is 1. The molecule has 0 saturated carbocycles. The summed E-state index contributed by atoms with van der Waals surface area (Å²) in [6, 6.07) is 9.52. The fourth-order valence-corrected chi connectivity index (χ4v) is 7.50. The number of nitrogens with zero attached hydrogens (tertiary/aromatic N) is 2. The first-order chi connectivity index (χ1) is 25.3. The Morgan fingerprint density at radius 3 is 1.63 bits per heavy atom. The number of carbonyl (C=O) groups is 3. The molecule has 0 unspecified atom stereocenters. The molecule has 0 radical (unpaired) electrons. The molecule has 16 heteroatoms. The smallest absolute Gasteiger partial charge is 0.410 e. The van der Waals surface area contributed by atoms with Crippen molar-refractivity contribution in [3.05, 3.63) is 35.9 Å². The van der Waals surface area contributed by atoms with Gasteiger partial charge in [0, 0.05) is 37.3 Å². The Labute approximate surface area is 317 Å². The van der Waals surface area contributed by atoms with Crippen molar-refractivity contribution in [2.75, 3.05) is 26.2 Å². The van der Waals surface area contributed by atoms with Crippen molar-refractivity contribution in [1.82, 2.24) is 15.1 Å². The molecule has 6 aliphatic heterocycles. The molecule has 8 atom stereocenters. The molecule has 0 bridgehead atoms. The van der Waals surface area contributed by atoms with Crippen LogP contribution in [0.15, 0.2) is 30.3 Å². The molecule has 1 aromatic rings. The Balaban J connectivity index is 0.000000197. The highest BCUT2D eigenvalue weighted by Gasteiger charge is 2.57. The van der Waals surface area contributed by atoms with E-state index >= 15 is 0 Å². The third-order valence-corrected chi connectivity index (χ3v) is 10.8. The summed E-state index contributed by atoms with van der Waals surface area (Å²) in [5, 5.41) is 2.95. The average molecular weight is 763 g/mol. The maximum absolute atomic E-state index is 12.8. The van der Waals surface area contributed by atoms with Crippen molar-refractivity contribution >= 4 is 18.3 Å². The second-order valence-corrected chi connectivity index (χ2v) is 16.7. The van der Waals surface area contributed by atoms with E-state index in [4.69, 9.17) is 48.4 Å². The van der Waals surface area contributed by atoms with Gasteiger partial charge in [-0.25, -0.2) is 14.4 Å². The second-order valence-electron chi connectivity index (χ2n) is 16.7. The minimum Gasteiger partial charge on any atom is -0.445 e. The first-order valence-corrected chi connectivity index (χ1v) is 19.0. The van der Waals surface area contributed by atoms with E-state index in [2.05, 4.69) is 5.32 Å². The number of carbonyl (C=O) groups excluding carboxylic acids is 3. The molecule has 7 rings (SSSR count). The van der Waals surface area contributed by atoms with Gasteiger partial charge in [0.25, 0.3) is 0 Å². The van der Waals surface area contributed by atoms with Gasteiger partial charge in [-0.2, -0.15) is 0 Å². The molecule has 16 nitrogen and oxygen atoms in total. The van der Waals surface area contributed by atoms with Gasteiger partial charge in [-0.1, -0.05) is 30.3 Å². The Bertz CT molecular complexity index is 1480. The van der Waals surface area contributed by atoms with E-state index in [1.165, 1.54) is 0 Å². The number of nitrogens with two attached hydrogens (primary N) is 1. The fraction of sp³-hybridized carbons (Fsp3) is 0.763. The first kappa shape index (κ1) is 40.4. The number of alkyl carbamates (subject to hydrolysis) is 1. The minimum absolute atomic E-state index is 0.196. The van der Waals surface area contributed by atoms with Crippen molar-refractivity contribution in [3.8, 4) is 0 Å². The zero-order chi connectivity index (χ0) is 39.1. The number of ether oxygens (including phenoxy) is 9. The van der Waals surface area contributed by atoms with Crippen LogP contribution in [0.5, 0.6) is 0 Å². The van der Waals surface area contributed by atoms with Gasteiger partial charge in [0.1, 0.15) is 6.61 Å². The van der Waals surface area contributed by atoms with E-state index < -0.39 is 60.2 Å². The standard InChI is InChI=1S/C23H32N2O7.C15H26N2O5/c1-15-17(18-19(29-15)32-22(2,3)31-18)30-21(27)25-12-10-23(4,11-13-25)24-20(26)28-14-16-8-6-5-7-9-16;1-9-10(11-12(19-9)22-14(2,3)21-11)20-13(18)17-7-5-15(4,16)6-8-17/h5-9,15,17-19H,10-14H2,1-4H3,(H,24,26);9-12H,5-8,16H2,1-4H3/t15-,17+,18-,19-;9-,10+,11-,12-/m11/s1.